The Labute approximate surface area is 218 Å². The molecule has 1 aliphatic heterocycles. The number of thiophene rings is 1. The van der Waals surface area contributed by atoms with Crippen LogP contribution in [0.1, 0.15) is 45.1 Å². The summed E-state index contributed by atoms with van der Waals surface area (Å²) in [5.74, 6) is -1.90. The fourth-order valence-electron chi connectivity index (χ4n) is 8.60. The first-order chi connectivity index (χ1) is 17.5. The average molecular weight is 530 g/mol. The number of hydrogen-bond acceptors (Lipinski definition) is 8. The highest BCUT2D eigenvalue weighted by molar-refractivity contribution is 7.08. The number of ketones is 2. The van der Waals surface area contributed by atoms with Gasteiger partial charge in [0.25, 0.3) is 0 Å². The van der Waals surface area contributed by atoms with Gasteiger partial charge in [0.15, 0.2) is 18.1 Å². The topological polar surface area (TPSA) is 116 Å². The summed E-state index contributed by atoms with van der Waals surface area (Å²) in [4.78, 5) is 38.1. The minimum Gasteiger partial charge on any atom is -0.457 e. The second-order valence-corrected chi connectivity index (χ2v) is 12.5. The quantitative estimate of drug-likeness (QED) is 0.562. The lowest BCUT2D eigenvalue weighted by atomic mass is 9.43. The Morgan fingerprint density at radius 3 is 2.78 bits per heavy atom. The maximum atomic E-state index is 17.3. The van der Waals surface area contributed by atoms with Gasteiger partial charge >= 0.3 is 5.97 Å². The maximum Gasteiger partial charge on any atom is 0.310 e. The summed E-state index contributed by atoms with van der Waals surface area (Å²) in [5, 5.41) is 15.0. The van der Waals surface area contributed by atoms with Crippen LogP contribution in [0.15, 0.2) is 34.6 Å². The Morgan fingerprint density at radius 2 is 2.11 bits per heavy atom. The van der Waals surface area contributed by atoms with E-state index in [4.69, 9.17) is 15.2 Å². The summed E-state index contributed by atoms with van der Waals surface area (Å²) in [6.07, 6.45) is 4.95. The molecule has 0 amide bonds. The van der Waals surface area contributed by atoms with E-state index in [0.29, 0.717) is 30.5 Å². The predicted molar refractivity (Wildman–Crippen MR) is 134 cm³/mol. The molecule has 1 spiro atoms. The molecule has 2 heterocycles. The predicted octanol–water partition coefficient (Wildman–Crippen LogP) is 3.35. The minimum atomic E-state index is -1.95. The molecule has 5 aliphatic rings. The van der Waals surface area contributed by atoms with Gasteiger partial charge in [-0.3, -0.25) is 14.4 Å². The van der Waals surface area contributed by atoms with Crippen LogP contribution in [0, 0.1) is 28.6 Å². The Balaban J connectivity index is 1.26. The molecule has 1 saturated heterocycles. The molecule has 0 radical (unpaired) electrons. The molecule has 0 aromatic carbocycles. The number of carbonyl (C=O) groups is 3. The summed E-state index contributed by atoms with van der Waals surface area (Å²) in [6.45, 7) is 3.55. The number of carbonyl (C=O) groups excluding carboxylic acids is 3. The summed E-state index contributed by atoms with van der Waals surface area (Å²) in [6, 6.07) is 0. The Morgan fingerprint density at radius 1 is 1.32 bits per heavy atom. The molecule has 37 heavy (non-hydrogen) atoms. The van der Waals surface area contributed by atoms with Crippen molar-refractivity contribution in [3.8, 4) is 0 Å². The number of esters is 1. The number of allylic oxidation sites excluding steroid dienone is 4. The number of fused-ring (bicyclic) bond motifs is 4. The summed E-state index contributed by atoms with van der Waals surface area (Å²) >= 11 is 1.39. The molecule has 4 aliphatic carbocycles. The van der Waals surface area contributed by atoms with Crippen molar-refractivity contribution in [3.63, 3.8) is 0 Å². The number of hydrogen-bond donors (Lipinski definition) is 2. The summed E-state index contributed by atoms with van der Waals surface area (Å²) in [7, 11) is 0. The fraction of sp³-hybridized carbons (Fsp3) is 0.607. The van der Waals surface area contributed by atoms with E-state index in [1.165, 1.54) is 23.5 Å². The van der Waals surface area contributed by atoms with Crippen molar-refractivity contribution in [2.75, 3.05) is 18.9 Å². The normalized spacial score (nSPS) is 43.6. The van der Waals surface area contributed by atoms with Crippen LogP contribution in [0.5, 0.6) is 0 Å². The number of alkyl halides is 1. The van der Waals surface area contributed by atoms with Gasteiger partial charge in [0.1, 0.15) is 5.60 Å². The van der Waals surface area contributed by atoms with Crippen LogP contribution in [0.25, 0.3) is 0 Å². The first-order valence-corrected chi connectivity index (χ1v) is 13.9. The zero-order valence-corrected chi connectivity index (χ0v) is 21.8. The van der Waals surface area contributed by atoms with E-state index < -0.39 is 46.7 Å². The molecule has 1 aromatic rings. The van der Waals surface area contributed by atoms with E-state index in [2.05, 4.69) is 0 Å². The van der Waals surface area contributed by atoms with Crippen molar-refractivity contribution in [3.05, 3.63) is 40.1 Å². The molecule has 4 fully saturated rings. The smallest absolute Gasteiger partial charge is 0.310 e. The Bertz CT molecular complexity index is 1260. The average Bonchev–Trinajstić information content (AvgIpc) is 3.30. The van der Waals surface area contributed by atoms with Crippen LogP contribution in [-0.2, 0) is 30.3 Å². The molecular formula is C28H32FNO6S. The van der Waals surface area contributed by atoms with Crippen LogP contribution in [0.4, 0.5) is 10.1 Å². The van der Waals surface area contributed by atoms with Crippen LogP contribution in [-0.4, -0.2) is 53.2 Å². The number of halogens is 1. The largest absolute Gasteiger partial charge is 0.457 e. The highest BCUT2D eigenvalue weighted by Crippen LogP contribution is 2.74. The van der Waals surface area contributed by atoms with E-state index in [0.717, 1.165) is 5.57 Å². The molecule has 3 saturated carbocycles. The lowest BCUT2D eigenvalue weighted by molar-refractivity contribution is -0.310. The monoisotopic (exact) mass is 529 g/mol. The third-order valence-corrected chi connectivity index (χ3v) is 11.2. The first-order valence-electron chi connectivity index (χ1n) is 12.9. The number of aliphatic hydroxyl groups excluding tert-OH is 1. The highest BCUT2D eigenvalue weighted by Gasteiger charge is 2.81. The third-order valence-electron chi connectivity index (χ3n) is 10.4. The summed E-state index contributed by atoms with van der Waals surface area (Å²) in [5.41, 5.74) is 2.81. The standard InChI is InChI=1S/C28H32FNO6S/c1-15-7-20-19-4-3-17-9-18(31)5-6-25(17,2)27(19,29)22(32)10-26(20)14-36-28(15,26)23(33)11-35-24(34)8-16-12-37-13-21(16)30/h5-6,9,12-13,15,19-20,22,32H,3-4,7-8,10-11,14,30H2,1-2H3/t15-,19+,20+,22+,25+,26-,27+,28+/m1/s1. The van der Waals surface area contributed by atoms with E-state index in [1.54, 1.807) is 23.8 Å². The number of aliphatic hydroxyl groups is 1. The molecule has 0 unspecified atom stereocenters. The molecule has 7 nitrogen and oxygen atoms in total. The fourth-order valence-corrected chi connectivity index (χ4v) is 9.35. The van der Waals surface area contributed by atoms with Gasteiger partial charge in [-0.1, -0.05) is 18.6 Å². The molecule has 198 valence electrons. The van der Waals surface area contributed by atoms with Crippen molar-refractivity contribution in [2.45, 2.75) is 63.3 Å². The molecule has 0 bridgehead atoms. The number of Topliss-reactive ketones (excluding diaryl/α,β-unsaturated/α-hetero) is 1. The minimum absolute atomic E-state index is 0.0184. The number of nitrogen functional groups attached to an aromatic ring is 1. The van der Waals surface area contributed by atoms with E-state index in [1.807, 2.05) is 6.92 Å². The first kappa shape index (κ1) is 24.9. The van der Waals surface area contributed by atoms with Gasteiger partial charge in [-0.15, -0.1) is 11.3 Å². The SMILES string of the molecule is C[C@@H]1C[C@H]2[C@@H]3CCC4=CC(=O)C=C[C@]4(C)[C@@]3(F)[C@@H](O)C[C@@]23CO[C@]13C(=O)COC(=O)Cc1cscc1N. The van der Waals surface area contributed by atoms with Gasteiger partial charge in [0.05, 0.1) is 19.1 Å². The van der Waals surface area contributed by atoms with Crippen molar-refractivity contribution in [1.82, 2.24) is 0 Å². The zero-order valence-electron chi connectivity index (χ0n) is 21.0. The lowest BCUT2D eigenvalue weighted by Gasteiger charge is -2.67. The second-order valence-electron chi connectivity index (χ2n) is 11.8. The highest BCUT2D eigenvalue weighted by atomic mass is 32.1. The van der Waals surface area contributed by atoms with Crippen LogP contribution in [0.2, 0.25) is 0 Å². The van der Waals surface area contributed by atoms with Crippen LogP contribution in [0.3, 0.4) is 0 Å². The molecule has 8 atom stereocenters. The van der Waals surface area contributed by atoms with Crippen molar-refractivity contribution in [1.29, 1.82) is 0 Å². The van der Waals surface area contributed by atoms with Gasteiger partial charge in [0.2, 0.25) is 5.78 Å². The Hall–Kier alpha value is -2.36. The van der Waals surface area contributed by atoms with Gasteiger partial charge < -0.3 is 20.3 Å². The van der Waals surface area contributed by atoms with Crippen molar-refractivity contribution < 1.29 is 33.4 Å². The zero-order chi connectivity index (χ0) is 26.4. The molecular weight excluding hydrogens is 497 g/mol. The number of rotatable bonds is 5. The van der Waals surface area contributed by atoms with Gasteiger partial charge in [-0.25, -0.2) is 4.39 Å². The molecule has 1 aromatic heterocycles. The number of nitrogens with two attached hydrogens (primary N) is 1. The molecule has 3 N–H and O–H groups in total. The Kier molecular flexibility index (Phi) is 5.44. The van der Waals surface area contributed by atoms with Crippen LogP contribution < -0.4 is 5.73 Å². The van der Waals surface area contributed by atoms with Crippen molar-refractivity contribution >= 4 is 34.6 Å². The third kappa shape index (κ3) is 3.02. The lowest BCUT2D eigenvalue weighted by Crippen LogP contribution is -2.76. The number of anilines is 1. The number of ether oxygens (including phenoxy) is 2. The second kappa shape index (κ2) is 8.07. The van der Waals surface area contributed by atoms with E-state index in [9.17, 15) is 19.5 Å². The van der Waals surface area contributed by atoms with Gasteiger partial charge in [0, 0.05) is 27.8 Å². The summed E-state index contributed by atoms with van der Waals surface area (Å²) < 4.78 is 28.7. The van der Waals surface area contributed by atoms with Gasteiger partial charge in [-0.2, -0.15) is 0 Å². The molecule has 6 rings (SSSR count). The van der Waals surface area contributed by atoms with Gasteiger partial charge in [-0.05, 0) is 67.5 Å². The maximum absolute atomic E-state index is 17.3. The van der Waals surface area contributed by atoms with E-state index >= 15 is 4.39 Å². The molecule has 9 heteroatoms. The van der Waals surface area contributed by atoms with E-state index in [-0.39, 0.29) is 42.9 Å². The van der Waals surface area contributed by atoms with Crippen LogP contribution >= 0.6 is 11.3 Å². The van der Waals surface area contributed by atoms with Crippen molar-refractivity contribution in [2.24, 2.45) is 28.6 Å².